The van der Waals surface area contributed by atoms with Crippen molar-refractivity contribution in [2.75, 3.05) is 0 Å². The van der Waals surface area contributed by atoms with Gasteiger partial charge in [-0.3, -0.25) is 4.79 Å². The standard InChI is InChI=1S/C22H16Cl2N4O2S/c23-11-5-7-16(15(24)9-11)28-27-12-6-8-17(29)14(10-12)20-25-21(30)19-13-3-1-2-4-18(13)31-22(19)26-20/h5-10,29H,1-4H2,(H,25,26,30). The lowest BCUT2D eigenvalue weighted by Gasteiger charge is -2.09. The number of hydrogen-bond acceptors (Lipinski definition) is 6. The molecule has 0 spiro atoms. The van der Waals surface area contributed by atoms with Gasteiger partial charge in [0, 0.05) is 9.90 Å². The minimum absolute atomic E-state index is 0.00713. The minimum Gasteiger partial charge on any atom is -0.507 e. The third kappa shape index (κ3) is 3.84. The molecule has 1 aliphatic rings. The molecule has 0 saturated carbocycles. The molecule has 0 fully saturated rings. The molecule has 2 aromatic heterocycles. The number of rotatable bonds is 3. The van der Waals surface area contributed by atoms with Crippen molar-refractivity contribution in [2.45, 2.75) is 25.7 Å². The highest BCUT2D eigenvalue weighted by Crippen LogP contribution is 2.36. The van der Waals surface area contributed by atoms with Crippen LogP contribution in [0, 0.1) is 0 Å². The second-order valence-electron chi connectivity index (χ2n) is 7.30. The molecule has 0 radical (unpaired) electrons. The summed E-state index contributed by atoms with van der Waals surface area (Å²) in [7, 11) is 0. The molecule has 2 aromatic carbocycles. The van der Waals surface area contributed by atoms with E-state index in [4.69, 9.17) is 23.2 Å². The molecule has 2 heterocycles. The average Bonchev–Trinajstić information content (AvgIpc) is 3.13. The fourth-order valence-corrected chi connectivity index (χ4v) is 5.45. The van der Waals surface area contributed by atoms with E-state index in [-0.39, 0.29) is 11.3 Å². The third-order valence-electron chi connectivity index (χ3n) is 5.24. The zero-order valence-electron chi connectivity index (χ0n) is 16.2. The van der Waals surface area contributed by atoms with Crippen LogP contribution in [0.4, 0.5) is 11.4 Å². The molecule has 5 rings (SSSR count). The monoisotopic (exact) mass is 470 g/mol. The topological polar surface area (TPSA) is 90.7 Å². The van der Waals surface area contributed by atoms with Crippen molar-refractivity contribution >= 4 is 56.1 Å². The predicted octanol–water partition coefficient (Wildman–Crippen LogP) is 6.96. The number of H-pyrrole nitrogens is 1. The van der Waals surface area contributed by atoms with Gasteiger partial charge in [0.1, 0.15) is 22.1 Å². The maximum Gasteiger partial charge on any atom is 0.260 e. The van der Waals surface area contributed by atoms with E-state index in [2.05, 4.69) is 20.2 Å². The van der Waals surface area contributed by atoms with E-state index >= 15 is 0 Å². The summed E-state index contributed by atoms with van der Waals surface area (Å²) in [6.45, 7) is 0. The van der Waals surface area contributed by atoms with Crippen molar-refractivity contribution in [1.82, 2.24) is 9.97 Å². The van der Waals surface area contributed by atoms with Gasteiger partial charge in [-0.25, -0.2) is 4.98 Å². The van der Waals surface area contributed by atoms with Gasteiger partial charge in [-0.1, -0.05) is 23.2 Å². The maximum absolute atomic E-state index is 12.8. The Kier molecular flexibility index (Phi) is 5.25. The summed E-state index contributed by atoms with van der Waals surface area (Å²) in [5.74, 6) is 0.294. The molecular weight excluding hydrogens is 455 g/mol. The second-order valence-corrected chi connectivity index (χ2v) is 9.23. The fraction of sp³-hybridized carbons (Fsp3) is 0.182. The predicted molar refractivity (Wildman–Crippen MR) is 125 cm³/mol. The molecule has 4 aromatic rings. The summed E-state index contributed by atoms with van der Waals surface area (Å²) in [6.07, 6.45) is 4.12. The molecule has 0 aliphatic heterocycles. The van der Waals surface area contributed by atoms with Crippen LogP contribution in [0.2, 0.25) is 10.0 Å². The summed E-state index contributed by atoms with van der Waals surface area (Å²) < 4.78 is 0. The minimum atomic E-state index is -0.182. The molecule has 156 valence electrons. The first-order valence-corrected chi connectivity index (χ1v) is 11.3. The number of aromatic nitrogens is 2. The largest absolute Gasteiger partial charge is 0.507 e. The molecule has 1 aliphatic carbocycles. The first-order chi connectivity index (χ1) is 15.0. The summed E-state index contributed by atoms with van der Waals surface area (Å²) >= 11 is 13.6. The van der Waals surface area contributed by atoms with Crippen molar-refractivity contribution in [2.24, 2.45) is 10.2 Å². The number of aromatic amines is 1. The first kappa shape index (κ1) is 20.2. The van der Waals surface area contributed by atoms with Crippen LogP contribution < -0.4 is 5.56 Å². The molecule has 31 heavy (non-hydrogen) atoms. The molecule has 0 unspecified atom stereocenters. The van der Waals surface area contributed by atoms with Crippen LogP contribution in [0.3, 0.4) is 0 Å². The van der Waals surface area contributed by atoms with E-state index in [0.717, 1.165) is 31.2 Å². The number of aromatic hydroxyl groups is 1. The molecular formula is C22H16Cl2N4O2S. The van der Waals surface area contributed by atoms with Gasteiger partial charge < -0.3 is 10.1 Å². The second kappa shape index (κ2) is 8.07. The smallest absolute Gasteiger partial charge is 0.260 e. The quantitative estimate of drug-likeness (QED) is 0.317. The number of azo groups is 1. The lowest BCUT2D eigenvalue weighted by Crippen LogP contribution is -2.11. The molecule has 0 atom stereocenters. The van der Waals surface area contributed by atoms with E-state index < -0.39 is 0 Å². The highest BCUT2D eigenvalue weighted by Gasteiger charge is 2.20. The van der Waals surface area contributed by atoms with Crippen molar-refractivity contribution in [3.8, 4) is 17.1 Å². The van der Waals surface area contributed by atoms with Gasteiger partial charge in [0.2, 0.25) is 0 Å². The van der Waals surface area contributed by atoms with E-state index in [9.17, 15) is 9.90 Å². The van der Waals surface area contributed by atoms with Crippen LogP contribution in [-0.4, -0.2) is 15.1 Å². The zero-order chi connectivity index (χ0) is 21.5. The van der Waals surface area contributed by atoms with Crippen LogP contribution in [0.25, 0.3) is 21.6 Å². The molecule has 9 heteroatoms. The van der Waals surface area contributed by atoms with Crippen LogP contribution in [-0.2, 0) is 12.8 Å². The molecule has 6 nitrogen and oxygen atoms in total. The molecule has 2 N–H and O–H groups in total. The lowest BCUT2D eigenvalue weighted by molar-refractivity contribution is 0.477. The lowest BCUT2D eigenvalue weighted by atomic mass is 9.97. The van der Waals surface area contributed by atoms with E-state index in [1.54, 1.807) is 41.7 Å². The summed E-state index contributed by atoms with van der Waals surface area (Å²) in [6, 6.07) is 9.67. The van der Waals surface area contributed by atoms with Gasteiger partial charge in [0.15, 0.2) is 0 Å². The number of phenols is 1. The Bertz CT molecular complexity index is 1410. The van der Waals surface area contributed by atoms with Gasteiger partial charge in [-0.05, 0) is 67.6 Å². The summed E-state index contributed by atoms with van der Waals surface area (Å²) in [5, 5.41) is 20.3. The number of fused-ring (bicyclic) bond motifs is 3. The van der Waals surface area contributed by atoms with Gasteiger partial charge in [-0.2, -0.15) is 5.11 Å². The molecule has 0 amide bonds. The number of halogens is 2. The third-order valence-corrected chi connectivity index (χ3v) is 6.97. The number of aryl methyl sites for hydroxylation is 2. The number of thiophene rings is 1. The van der Waals surface area contributed by atoms with Crippen LogP contribution in [0.1, 0.15) is 23.3 Å². The van der Waals surface area contributed by atoms with Gasteiger partial charge in [-0.15, -0.1) is 16.5 Å². The SMILES string of the molecule is O=c1[nH]c(-c2cc(N=Nc3ccc(Cl)cc3Cl)ccc2O)nc2sc3c(c12)CCCC3. The van der Waals surface area contributed by atoms with E-state index in [1.807, 2.05) is 0 Å². The Balaban J connectivity index is 1.55. The van der Waals surface area contributed by atoms with Crippen LogP contribution in [0.5, 0.6) is 5.75 Å². The average molecular weight is 471 g/mol. The van der Waals surface area contributed by atoms with Crippen LogP contribution in [0.15, 0.2) is 51.4 Å². The number of benzene rings is 2. The highest BCUT2D eigenvalue weighted by atomic mass is 35.5. The Morgan fingerprint density at radius 3 is 2.74 bits per heavy atom. The number of hydrogen-bond donors (Lipinski definition) is 2. The van der Waals surface area contributed by atoms with E-state index in [1.165, 1.54) is 10.9 Å². The van der Waals surface area contributed by atoms with Crippen molar-refractivity contribution in [1.29, 1.82) is 0 Å². The first-order valence-electron chi connectivity index (χ1n) is 9.74. The van der Waals surface area contributed by atoms with Crippen molar-refractivity contribution < 1.29 is 5.11 Å². The number of nitrogens with zero attached hydrogens (tertiary/aromatic N) is 3. The normalized spacial score (nSPS) is 13.7. The zero-order valence-corrected chi connectivity index (χ0v) is 18.5. The van der Waals surface area contributed by atoms with Crippen molar-refractivity contribution in [3.63, 3.8) is 0 Å². The van der Waals surface area contributed by atoms with Crippen LogP contribution >= 0.6 is 34.5 Å². The van der Waals surface area contributed by atoms with Gasteiger partial charge >= 0.3 is 0 Å². The fourth-order valence-electron chi connectivity index (χ4n) is 3.74. The summed E-state index contributed by atoms with van der Waals surface area (Å²) in [4.78, 5) is 22.3. The number of phenolic OH excluding ortho intramolecular Hbond substituents is 1. The molecule has 0 bridgehead atoms. The number of nitrogens with one attached hydrogen (secondary N) is 1. The molecule has 0 saturated heterocycles. The van der Waals surface area contributed by atoms with E-state index in [0.29, 0.717) is 43.0 Å². The van der Waals surface area contributed by atoms with Crippen molar-refractivity contribution in [3.05, 3.63) is 67.2 Å². The highest BCUT2D eigenvalue weighted by molar-refractivity contribution is 7.18. The Labute approximate surface area is 191 Å². The summed E-state index contributed by atoms with van der Waals surface area (Å²) in [5.41, 5.74) is 2.27. The Morgan fingerprint density at radius 1 is 1.06 bits per heavy atom. The van der Waals surface area contributed by atoms with Gasteiger partial charge in [0.05, 0.1) is 21.7 Å². The van der Waals surface area contributed by atoms with Gasteiger partial charge in [0.25, 0.3) is 5.56 Å². The Hall–Kier alpha value is -2.74. The maximum atomic E-state index is 12.8. The Morgan fingerprint density at radius 2 is 1.90 bits per heavy atom.